The van der Waals surface area contributed by atoms with E-state index in [9.17, 15) is 9.90 Å². The van der Waals surface area contributed by atoms with Gasteiger partial charge in [0.2, 0.25) is 0 Å². The summed E-state index contributed by atoms with van der Waals surface area (Å²) in [4.78, 5) is 18.6. The number of amides is 1. The number of hydrogen-bond donors (Lipinski definition) is 1. The fraction of sp³-hybridized carbons (Fsp3) is 0.368. The molecule has 0 saturated carbocycles. The topological polar surface area (TPSA) is 53.4 Å². The Bertz CT molecular complexity index is 672. The van der Waals surface area contributed by atoms with Gasteiger partial charge < -0.3 is 10.0 Å². The van der Waals surface area contributed by atoms with Gasteiger partial charge in [0, 0.05) is 37.0 Å². The second-order valence-electron chi connectivity index (χ2n) is 6.11. The van der Waals surface area contributed by atoms with Crippen molar-refractivity contribution < 1.29 is 9.90 Å². The molecule has 1 aliphatic rings. The number of carbonyl (C=O) groups is 1. The third-order valence-corrected chi connectivity index (χ3v) is 4.57. The summed E-state index contributed by atoms with van der Waals surface area (Å²) < 4.78 is 0. The molecular formula is C19H22N2O2. The molecule has 4 heteroatoms. The van der Waals surface area contributed by atoms with E-state index in [1.165, 1.54) is 0 Å². The van der Waals surface area contributed by atoms with Crippen molar-refractivity contribution in [2.75, 3.05) is 13.1 Å². The number of aryl methyl sites for hydroxylation is 1. The monoisotopic (exact) mass is 310 g/mol. The van der Waals surface area contributed by atoms with Crippen molar-refractivity contribution in [1.29, 1.82) is 0 Å². The van der Waals surface area contributed by atoms with Gasteiger partial charge in [0.05, 0.1) is 6.10 Å². The quantitative estimate of drug-likeness (QED) is 0.943. The van der Waals surface area contributed by atoms with E-state index in [1.807, 2.05) is 36.4 Å². The summed E-state index contributed by atoms with van der Waals surface area (Å²) in [5.41, 5.74) is 2.96. The number of aromatic nitrogens is 1. The van der Waals surface area contributed by atoms with Crippen LogP contribution in [-0.4, -0.2) is 40.1 Å². The van der Waals surface area contributed by atoms with Gasteiger partial charge in [0.25, 0.3) is 5.91 Å². The molecule has 120 valence electrons. The van der Waals surface area contributed by atoms with Crippen LogP contribution in [0.2, 0.25) is 0 Å². The highest BCUT2D eigenvalue weighted by molar-refractivity contribution is 5.96. The minimum Gasteiger partial charge on any atom is -0.391 e. The van der Waals surface area contributed by atoms with Crippen LogP contribution in [0.15, 0.2) is 48.8 Å². The Kier molecular flexibility index (Phi) is 4.72. The van der Waals surface area contributed by atoms with Gasteiger partial charge in [-0.1, -0.05) is 25.1 Å². The first-order valence-corrected chi connectivity index (χ1v) is 8.13. The Labute approximate surface area is 136 Å². The highest BCUT2D eigenvalue weighted by Crippen LogP contribution is 2.24. The third-order valence-electron chi connectivity index (χ3n) is 4.57. The van der Waals surface area contributed by atoms with Crippen molar-refractivity contribution in [2.45, 2.75) is 25.9 Å². The molecule has 1 N–H and O–H groups in total. The second kappa shape index (κ2) is 6.92. The van der Waals surface area contributed by atoms with E-state index in [-0.39, 0.29) is 11.8 Å². The van der Waals surface area contributed by atoms with Crippen LogP contribution in [-0.2, 0) is 12.8 Å². The molecule has 1 fully saturated rings. The van der Waals surface area contributed by atoms with Gasteiger partial charge >= 0.3 is 0 Å². The van der Waals surface area contributed by atoms with E-state index in [0.29, 0.717) is 13.1 Å². The van der Waals surface area contributed by atoms with Crippen LogP contribution in [0.3, 0.4) is 0 Å². The largest absolute Gasteiger partial charge is 0.391 e. The Balaban J connectivity index is 1.72. The van der Waals surface area contributed by atoms with E-state index in [2.05, 4.69) is 11.9 Å². The molecule has 0 bridgehead atoms. The molecule has 1 aliphatic heterocycles. The van der Waals surface area contributed by atoms with Crippen LogP contribution >= 0.6 is 0 Å². The number of likely N-dealkylation sites (tertiary alicyclic amines) is 1. The van der Waals surface area contributed by atoms with E-state index >= 15 is 0 Å². The number of β-amino-alcohol motifs (C(OH)–C–C–N with tert-alkyl or cyclic N) is 1. The zero-order chi connectivity index (χ0) is 16.2. The fourth-order valence-corrected chi connectivity index (χ4v) is 3.25. The van der Waals surface area contributed by atoms with Crippen molar-refractivity contribution in [3.8, 4) is 0 Å². The van der Waals surface area contributed by atoms with E-state index in [0.717, 1.165) is 29.5 Å². The summed E-state index contributed by atoms with van der Waals surface area (Å²) in [5, 5.41) is 10.3. The molecule has 2 unspecified atom stereocenters. The Morgan fingerprint density at radius 3 is 2.70 bits per heavy atom. The smallest absolute Gasteiger partial charge is 0.254 e. The summed E-state index contributed by atoms with van der Waals surface area (Å²) in [7, 11) is 0. The highest BCUT2D eigenvalue weighted by Gasteiger charge is 2.34. The number of aliphatic hydroxyl groups is 1. The van der Waals surface area contributed by atoms with Crippen LogP contribution in [0, 0.1) is 5.92 Å². The molecule has 0 spiro atoms. The van der Waals surface area contributed by atoms with Crippen LogP contribution in [0.1, 0.15) is 28.4 Å². The molecule has 1 saturated heterocycles. The lowest BCUT2D eigenvalue weighted by Gasteiger charge is -2.18. The van der Waals surface area contributed by atoms with Gasteiger partial charge in [-0.25, -0.2) is 0 Å². The fourth-order valence-electron chi connectivity index (χ4n) is 3.25. The van der Waals surface area contributed by atoms with Crippen LogP contribution in [0.5, 0.6) is 0 Å². The molecule has 1 amide bonds. The number of hydrogen-bond acceptors (Lipinski definition) is 3. The third kappa shape index (κ3) is 3.42. The standard InChI is InChI=1S/C19H22N2O2/c1-2-15-5-3-4-6-17(15)19(23)21-12-16(18(22)13-21)11-14-7-9-20-10-8-14/h3-10,16,18,22H,2,11-13H2,1H3. The maximum atomic E-state index is 12.8. The molecule has 1 aromatic carbocycles. The van der Waals surface area contributed by atoms with Crippen LogP contribution in [0.4, 0.5) is 0 Å². The second-order valence-corrected chi connectivity index (χ2v) is 6.11. The number of rotatable bonds is 4. The van der Waals surface area contributed by atoms with Gasteiger partial charge in [-0.05, 0) is 42.2 Å². The van der Waals surface area contributed by atoms with Crippen molar-refractivity contribution in [3.63, 3.8) is 0 Å². The lowest BCUT2D eigenvalue weighted by Crippen LogP contribution is -2.30. The van der Waals surface area contributed by atoms with Crippen molar-refractivity contribution in [2.24, 2.45) is 5.92 Å². The summed E-state index contributed by atoms with van der Waals surface area (Å²) in [6.07, 6.45) is 4.65. The first kappa shape index (κ1) is 15.7. The van der Waals surface area contributed by atoms with Crippen molar-refractivity contribution >= 4 is 5.91 Å². The average molecular weight is 310 g/mol. The summed E-state index contributed by atoms with van der Waals surface area (Å²) in [6.45, 7) is 3.06. The first-order valence-electron chi connectivity index (χ1n) is 8.13. The SMILES string of the molecule is CCc1ccccc1C(=O)N1CC(O)C(Cc2ccncc2)C1. The minimum absolute atomic E-state index is 0.0266. The number of nitrogens with zero attached hydrogens (tertiary/aromatic N) is 2. The summed E-state index contributed by atoms with van der Waals surface area (Å²) in [5.74, 6) is 0.105. The average Bonchev–Trinajstić information content (AvgIpc) is 2.96. The van der Waals surface area contributed by atoms with Crippen LogP contribution in [0.25, 0.3) is 0 Å². The maximum absolute atomic E-state index is 12.8. The molecular weight excluding hydrogens is 288 g/mol. The Hall–Kier alpha value is -2.20. The molecule has 4 nitrogen and oxygen atoms in total. The number of aliphatic hydroxyl groups excluding tert-OH is 1. The normalized spacial score (nSPS) is 20.7. The molecule has 3 rings (SSSR count). The van der Waals surface area contributed by atoms with Gasteiger partial charge in [-0.3, -0.25) is 9.78 Å². The van der Waals surface area contributed by atoms with Crippen LogP contribution < -0.4 is 0 Å². The molecule has 2 atom stereocenters. The molecule has 2 heterocycles. The van der Waals surface area contributed by atoms with Gasteiger partial charge in [0.15, 0.2) is 0 Å². The molecule has 23 heavy (non-hydrogen) atoms. The molecule has 1 aromatic heterocycles. The van der Waals surface area contributed by atoms with Crippen molar-refractivity contribution in [3.05, 3.63) is 65.5 Å². The van der Waals surface area contributed by atoms with E-state index < -0.39 is 6.10 Å². The predicted octanol–water partition coefficient (Wildman–Crippen LogP) is 2.32. The lowest BCUT2D eigenvalue weighted by molar-refractivity contribution is 0.0763. The Morgan fingerprint density at radius 2 is 1.96 bits per heavy atom. The number of carbonyl (C=O) groups excluding carboxylic acids is 1. The first-order chi connectivity index (χ1) is 11.2. The van der Waals surface area contributed by atoms with E-state index in [4.69, 9.17) is 0 Å². The predicted molar refractivity (Wildman–Crippen MR) is 89.2 cm³/mol. The zero-order valence-electron chi connectivity index (χ0n) is 13.4. The van der Waals surface area contributed by atoms with Gasteiger partial charge in [-0.2, -0.15) is 0 Å². The van der Waals surface area contributed by atoms with Gasteiger partial charge in [0.1, 0.15) is 0 Å². The zero-order valence-corrected chi connectivity index (χ0v) is 13.4. The van der Waals surface area contributed by atoms with Crippen molar-refractivity contribution in [1.82, 2.24) is 9.88 Å². The highest BCUT2D eigenvalue weighted by atomic mass is 16.3. The number of pyridine rings is 1. The van der Waals surface area contributed by atoms with E-state index in [1.54, 1.807) is 17.3 Å². The maximum Gasteiger partial charge on any atom is 0.254 e. The molecule has 0 radical (unpaired) electrons. The summed E-state index contributed by atoms with van der Waals surface area (Å²) >= 11 is 0. The Morgan fingerprint density at radius 1 is 1.22 bits per heavy atom. The molecule has 0 aliphatic carbocycles. The minimum atomic E-state index is -0.471. The number of benzene rings is 1. The summed E-state index contributed by atoms with van der Waals surface area (Å²) in [6, 6.07) is 11.7. The van der Waals surface area contributed by atoms with Gasteiger partial charge in [-0.15, -0.1) is 0 Å². The lowest BCUT2D eigenvalue weighted by atomic mass is 9.97. The molecule has 2 aromatic rings.